The Bertz CT molecular complexity index is 599. The predicted octanol–water partition coefficient (Wildman–Crippen LogP) is 2.98. The third-order valence-corrected chi connectivity index (χ3v) is 3.13. The second-order valence-electron chi connectivity index (χ2n) is 4.72. The zero-order valence-electron chi connectivity index (χ0n) is 9.97. The molecule has 0 radical (unpaired) electrons. The van der Waals surface area contributed by atoms with Crippen molar-refractivity contribution in [2.24, 2.45) is 0 Å². The van der Waals surface area contributed by atoms with Gasteiger partial charge in [0.1, 0.15) is 5.82 Å². The molecule has 0 aliphatic carbocycles. The summed E-state index contributed by atoms with van der Waals surface area (Å²) in [6.07, 6.45) is 0. The minimum absolute atomic E-state index is 0.363. The van der Waals surface area contributed by atoms with Crippen LogP contribution in [0.25, 0.3) is 10.9 Å². The number of aromatic nitrogens is 1. The minimum Gasteiger partial charge on any atom is -0.481 e. The van der Waals surface area contributed by atoms with Crippen LogP contribution in [0.1, 0.15) is 25.1 Å². The average molecular weight is 235 g/mol. The van der Waals surface area contributed by atoms with Crippen molar-refractivity contribution in [1.29, 1.82) is 0 Å². The van der Waals surface area contributed by atoms with E-state index in [-0.39, 0.29) is 5.82 Å². The maximum Gasteiger partial charge on any atom is 0.313 e. The van der Waals surface area contributed by atoms with Crippen LogP contribution in [0.15, 0.2) is 18.2 Å². The number of H-pyrrole nitrogens is 1. The number of nitrogens with one attached hydrogen (secondary N) is 1. The van der Waals surface area contributed by atoms with Gasteiger partial charge in [-0.1, -0.05) is 12.1 Å². The maximum atomic E-state index is 13.6. The molecule has 4 heteroatoms. The molecule has 1 heterocycles. The maximum absolute atomic E-state index is 13.6. The molecule has 1 aromatic heterocycles. The number of aryl methyl sites for hydroxylation is 1. The first-order valence-corrected chi connectivity index (χ1v) is 5.36. The third kappa shape index (κ3) is 1.60. The lowest BCUT2D eigenvalue weighted by Crippen LogP contribution is -2.29. The van der Waals surface area contributed by atoms with E-state index in [1.54, 1.807) is 32.9 Å². The van der Waals surface area contributed by atoms with Crippen molar-refractivity contribution in [3.05, 3.63) is 35.3 Å². The number of hydrogen-bond acceptors (Lipinski definition) is 1. The summed E-state index contributed by atoms with van der Waals surface area (Å²) in [6.45, 7) is 5.01. The van der Waals surface area contributed by atoms with Crippen LogP contribution in [-0.4, -0.2) is 16.1 Å². The molecular formula is C13H14FNO2. The van der Waals surface area contributed by atoms with Gasteiger partial charge in [-0.05, 0) is 32.4 Å². The van der Waals surface area contributed by atoms with Crippen LogP contribution in [0.5, 0.6) is 0 Å². The number of benzene rings is 1. The highest BCUT2D eigenvalue weighted by molar-refractivity contribution is 5.93. The highest BCUT2D eigenvalue weighted by Gasteiger charge is 2.34. The lowest BCUT2D eigenvalue weighted by atomic mass is 9.83. The number of aromatic amines is 1. The summed E-state index contributed by atoms with van der Waals surface area (Å²) in [6, 6.07) is 4.68. The Morgan fingerprint density at radius 3 is 2.65 bits per heavy atom. The fourth-order valence-electron chi connectivity index (χ4n) is 2.22. The molecule has 2 aromatic rings. The molecular weight excluding hydrogens is 221 g/mol. The molecule has 2 N–H and O–H groups in total. The van der Waals surface area contributed by atoms with Gasteiger partial charge < -0.3 is 10.1 Å². The fraction of sp³-hybridized carbons (Fsp3) is 0.308. The van der Waals surface area contributed by atoms with Crippen LogP contribution < -0.4 is 0 Å². The molecule has 0 fully saturated rings. The van der Waals surface area contributed by atoms with Gasteiger partial charge >= 0.3 is 5.97 Å². The van der Waals surface area contributed by atoms with E-state index in [1.165, 1.54) is 6.07 Å². The molecule has 0 spiro atoms. The van der Waals surface area contributed by atoms with Crippen LogP contribution in [-0.2, 0) is 10.2 Å². The highest BCUT2D eigenvalue weighted by Crippen LogP contribution is 2.34. The SMILES string of the molecule is Cc1[nH]c2c(F)cccc2c1C(C)(C)C(=O)O. The van der Waals surface area contributed by atoms with Gasteiger partial charge in [0.2, 0.25) is 0 Å². The normalized spacial score (nSPS) is 12.0. The van der Waals surface area contributed by atoms with E-state index >= 15 is 0 Å². The number of fused-ring (bicyclic) bond motifs is 1. The summed E-state index contributed by atoms with van der Waals surface area (Å²) in [5, 5.41) is 9.89. The summed E-state index contributed by atoms with van der Waals surface area (Å²) in [5.74, 6) is -1.29. The van der Waals surface area contributed by atoms with Gasteiger partial charge in [0, 0.05) is 11.1 Å². The number of rotatable bonds is 2. The van der Waals surface area contributed by atoms with Crippen molar-refractivity contribution in [2.45, 2.75) is 26.2 Å². The summed E-state index contributed by atoms with van der Waals surface area (Å²) >= 11 is 0. The van der Waals surface area contributed by atoms with Gasteiger partial charge in [0.25, 0.3) is 0 Å². The lowest BCUT2D eigenvalue weighted by Gasteiger charge is -2.20. The highest BCUT2D eigenvalue weighted by atomic mass is 19.1. The first-order valence-electron chi connectivity index (χ1n) is 5.36. The number of aliphatic carboxylic acids is 1. The molecule has 1 aromatic carbocycles. The number of halogens is 1. The van der Waals surface area contributed by atoms with Crippen LogP contribution in [0.2, 0.25) is 0 Å². The summed E-state index contributed by atoms with van der Waals surface area (Å²) in [7, 11) is 0. The first kappa shape index (κ1) is 11.6. The molecule has 0 atom stereocenters. The Balaban J connectivity index is 2.83. The topological polar surface area (TPSA) is 53.1 Å². The Morgan fingerprint density at radius 1 is 1.41 bits per heavy atom. The summed E-state index contributed by atoms with van der Waals surface area (Å²) in [4.78, 5) is 14.2. The van der Waals surface area contributed by atoms with Gasteiger partial charge in [0.05, 0.1) is 10.9 Å². The molecule has 0 saturated carbocycles. The molecule has 17 heavy (non-hydrogen) atoms. The second kappa shape index (κ2) is 3.58. The lowest BCUT2D eigenvalue weighted by molar-refractivity contribution is -0.142. The number of carbonyl (C=O) groups is 1. The molecule has 90 valence electrons. The molecule has 0 amide bonds. The van der Waals surface area contributed by atoms with Gasteiger partial charge in [-0.15, -0.1) is 0 Å². The van der Waals surface area contributed by atoms with E-state index in [2.05, 4.69) is 4.98 Å². The van der Waals surface area contributed by atoms with E-state index in [1.807, 2.05) is 0 Å². The first-order chi connectivity index (χ1) is 7.85. The minimum atomic E-state index is -1.05. The zero-order chi connectivity index (χ0) is 12.8. The smallest absolute Gasteiger partial charge is 0.313 e. The second-order valence-corrected chi connectivity index (χ2v) is 4.72. The molecule has 3 nitrogen and oxygen atoms in total. The number of carboxylic acid groups (broad SMARTS) is 1. The molecule has 0 bridgehead atoms. The molecule has 2 rings (SSSR count). The monoisotopic (exact) mass is 235 g/mol. The predicted molar refractivity (Wildman–Crippen MR) is 63.7 cm³/mol. The molecule has 0 saturated heterocycles. The summed E-state index contributed by atoms with van der Waals surface area (Å²) in [5.41, 5.74) is 0.655. The Morgan fingerprint density at radius 2 is 2.06 bits per heavy atom. The average Bonchev–Trinajstić information content (AvgIpc) is 2.56. The fourth-order valence-corrected chi connectivity index (χ4v) is 2.22. The van der Waals surface area contributed by atoms with Gasteiger partial charge in [-0.25, -0.2) is 4.39 Å². The van der Waals surface area contributed by atoms with E-state index in [4.69, 9.17) is 0 Å². The zero-order valence-corrected chi connectivity index (χ0v) is 9.97. The van der Waals surface area contributed by atoms with Crippen LogP contribution in [0.3, 0.4) is 0 Å². The molecule has 0 aliphatic rings. The van der Waals surface area contributed by atoms with Crippen molar-refractivity contribution >= 4 is 16.9 Å². The van der Waals surface area contributed by atoms with Gasteiger partial charge in [-0.3, -0.25) is 4.79 Å². The van der Waals surface area contributed by atoms with Crippen molar-refractivity contribution in [3.63, 3.8) is 0 Å². The van der Waals surface area contributed by atoms with E-state index in [0.29, 0.717) is 22.2 Å². The Labute approximate surface area is 98.3 Å². The van der Waals surface area contributed by atoms with Crippen molar-refractivity contribution in [1.82, 2.24) is 4.98 Å². The quantitative estimate of drug-likeness (QED) is 0.840. The van der Waals surface area contributed by atoms with E-state index < -0.39 is 11.4 Å². The van der Waals surface area contributed by atoms with Crippen molar-refractivity contribution in [2.75, 3.05) is 0 Å². The summed E-state index contributed by atoms with van der Waals surface area (Å²) < 4.78 is 13.6. The van der Waals surface area contributed by atoms with E-state index in [9.17, 15) is 14.3 Å². The van der Waals surface area contributed by atoms with Gasteiger partial charge in [0.15, 0.2) is 0 Å². The third-order valence-electron chi connectivity index (χ3n) is 3.13. The Hall–Kier alpha value is -1.84. The van der Waals surface area contributed by atoms with Crippen molar-refractivity contribution in [3.8, 4) is 0 Å². The Kier molecular flexibility index (Phi) is 2.45. The van der Waals surface area contributed by atoms with Crippen molar-refractivity contribution < 1.29 is 14.3 Å². The number of para-hydroxylation sites is 1. The molecule has 0 unspecified atom stereocenters. The van der Waals surface area contributed by atoms with E-state index in [0.717, 1.165) is 0 Å². The van der Waals surface area contributed by atoms with Crippen LogP contribution >= 0.6 is 0 Å². The van der Waals surface area contributed by atoms with Crippen LogP contribution in [0, 0.1) is 12.7 Å². The van der Waals surface area contributed by atoms with Gasteiger partial charge in [-0.2, -0.15) is 0 Å². The molecule has 0 aliphatic heterocycles. The number of carboxylic acids is 1. The number of hydrogen-bond donors (Lipinski definition) is 2. The standard InChI is InChI=1S/C13H14FNO2/c1-7-10(13(2,3)12(16)17)8-5-4-6-9(14)11(8)15-7/h4-6,15H,1-3H3,(H,16,17). The largest absolute Gasteiger partial charge is 0.481 e. The van der Waals surface area contributed by atoms with Crippen LogP contribution in [0.4, 0.5) is 4.39 Å².